The molecular formula is C15H14N4O2. The summed E-state index contributed by atoms with van der Waals surface area (Å²) in [5, 5.41) is 13.7. The minimum absolute atomic E-state index is 0.219. The predicted molar refractivity (Wildman–Crippen MR) is 76.3 cm³/mol. The Labute approximate surface area is 121 Å². The third-order valence-electron chi connectivity index (χ3n) is 2.93. The minimum atomic E-state index is -0.554. The van der Waals surface area contributed by atoms with E-state index >= 15 is 0 Å². The molecule has 0 aliphatic rings. The van der Waals surface area contributed by atoms with E-state index in [0.717, 1.165) is 11.3 Å². The molecule has 0 spiro atoms. The van der Waals surface area contributed by atoms with Gasteiger partial charge in [-0.2, -0.15) is 4.98 Å². The summed E-state index contributed by atoms with van der Waals surface area (Å²) in [6.07, 6.45) is 2.59. The van der Waals surface area contributed by atoms with E-state index < -0.39 is 6.10 Å². The summed E-state index contributed by atoms with van der Waals surface area (Å²) in [6, 6.07) is 13.3. The Morgan fingerprint density at radius 3 is 2.57 bits per heavy atom. The molecule has 21 heavy (non-hydrogen) atoms. The highest BCUT2D eigenvalue weighted by Gasteiger charge is 2.07. The van der Waals surface area contributed by atoms with E-state index in [4.69, 9.17) is 4.74 Å². The topological polar surface area (TPSA) is 73.1 Å². The number of hydrogen-bond acceptors (Lipinski definition) is 5. The Kier molecular flexibility index (Phi) is 3.61. The van der Waals surface area contributed by atoms with Crippen LogP contribution in [0.25, 0.3) is 5.69 Å². The summed E-state index contributed by atoms with van der Waals surface area (Å²) in [7, 11) is 0. The number of aliphatic hydroxyl groups excluding tert-OH is 1. The molecule has 0 bridgehead atoms. The van der Waals surface area contributed by atoms with E-state index in [0.29, 0.717) is 5.88 Å². The first-order chi connectivity index (χ1) is 10.2. The van der Waals surface area contributed by atoms with Gasteiger partial charge in [-0.25, -0.2) is 9.67 Å². The Hall–Kier alpha value is -2.73. The third-order valence-corrected chi connectivity index (χ3v) is 2.93. The van der Waals surface area contributed by atoms with Crippen LogP contribution in [-0.4, -0.2) is 24.9 Å². The molecule has 0 unspecified atom stereocenters. The van der Waals surface area contributed by atoms with E-state index in [2.05, 4.69) is 15.1 Å². The van der Waals surface area contributed by atoms with Crippen LogP contribution in [0.1, 0.15) is 18.6 Å². The summed E-state index contributed by atoms with van der Waals surface area (Å²) in [5.74, 6) is 0.380. The van der Waals surface area contributed by atoms with E-state index in [1.165, 1.54) is 0 Å². The summed E-state index contributed by atoms with van der Waals surface area (Å²) in [4.78, 5) is 8.19. The quantitative estimate of drug-likeness (QED) is 0.796. The van der Waals surface area contributed by atoms with Crippen LogP contribution in [0.5, 0.6) is 11.9 Å². The van der Waals surface area contributed by atoms with Gasteiger partial charge in [-0.1, -0.05) is 18.2 Å². The van der Waals surface area contributed by atoms with Gasteiger partial charge in [0.15, 0.2) is 0 Å². The van der Waals surface area contributed by atoms with Crippen LogP contribution in [0.4, 0.5) is 0 Å². The van der Waals surface area contributed by atoms with Crippen LogP contribution in [0.15, 0.2) is 55.0 Å². The molecule has 3 rings (SSSR count). The van der Waals surface area contributed by atoms with Gasteiger partial charge >= 0.3 is 6.01 Å². The zero-order chi connectivity index (χ0) is 14.7. The maximum atomic E-state index is 9.42. The van der Waals surface area contributed by atoms with Gasteiger partial charge in [0.05, 0.1) is 11.8 Å². The van der Waals surface area contributed by atoms with Gasteiger partial charge in [-0.15, -0.1) is 5.10 Å². The Bertz CT molecular complexity index is 708. The third kappa shape index (κ3) is 3.06. The van der Waals surface area contributed by atoms with Crippen LogP contribution in [0.3, 0.4) is 0 Å². The van der Waals surface area contributed by atoms with Crippen molar-refractivity contribution in [1.82, 2.24) is 19.7 Å². The number of hydrogen-bond donors (Lipinski definition) is 1. The lowest BCUT2D eigenvalue weighted by Crippen LogP contribution is -1.96. The lowest BCUT2D eigenvalue weighted by Gasteiger charge is -2.04. The second-order valence-corrected chi connectivity index (χ2v) is 4.52. The maximum Gasteiger partial charge on any atom is 0.342 e. The molecule has 0 amide bonds. The zero-order valence-corrected chi connectivity index (χ0v) is 11.4. The number of aromatic nitrogens is 4. The Balaban J connectivity index is 1.75. The van der Waals surface area contributed by atoms with Gasteiger partial charge in [0.2, 0.25) is 5.88 Å². The van der Waals surface area contributed by atoms with Gasteiger partial charge in [0.1, 0.15) is 6.33 Å². The molecule has 1 atom stereocenters. The molecular weight excluding hydrogens is 268 g/mol. The second-order valence-electron chi connectivity index (χ2n) is 4.52. The van der Waals surface area contributed by atoms with Crippen molar-refractivity contribution in [2.75, 3.05) is 0 Å². The number of benzene rings is 1. The van der Waals surface area contributed by atoms with Crippen molar-refractivity contribution < 1.29 is 9.84 Å². The number of rotatable bonds is 4. The van der Waals surface area contributed by atoms with Gasteiger partial charge in [-0.3, -0.25) is 0 Å². The van der Waals surface area contributed by atoms with Gasteiger partial charge in [0, 0.05) is 12.3 Å². The number of aliphatic hydroxyl groups is 1. The summed E-state index contributed by atoms with van der Waals surface area (Å²) < 4.78 is 7.10. The molecule has 0 radical (unpaired) electrons. The summed E-state index contributed by atoms with van der Waals surface area (Å²) >= 11 is 0. The lowest BCUT2D eigenvalue weighted by atomic mass is 10.2. The number of nitrogens with zero attached hydrogens (tertiary/aromatic N) is 4. The van der Waals surface area contributed by atoms with Crippen LogP contribution in [-0.2, 0) is 0 Å². The molecule has 3 aromatic rings. The highest BCUT2D eigenvalue weighted by atomic mass is 16.5. The molecule has 0 aliphatic heterocycles. The van der Waals surface area contributed by atoms with Gasteiger partial charge < -0.3 is 9.84 Å². The molecule has 0 saturated carbocycles. The second kappa shape index (κ2) is 5.72. The fourth-order valence-electron chi connectivity index (χ4n) is 1.79. The monoisotopic (exact) mass is 282 g/mol. The Morgan fingerprint density at radius 2 is 1.90 bits per heavy atom. The highest BCUT2D eigenvalue weighted by Crippen LogP contribution is 2.18. The molecule has 2 heterocycles. The summed E-state index contributed by atoms with van der Waals surface area (Å²) in [5.41, 5.74) is 1.63. The van der Waals surface area contributed by atoms with E-state index in [-0.39, 0.29) is 6.01 Å². The van der Waals surface area contributed by atoms with Gasteiger partial charge in [-0.05, 0) is 30.7 Å². The average molecular weight is 282 g/mol. The molecule has 1 aromatic carbocycles. The Morgan fingerprint density at radius 1 is 1.10 bits per heavy atom. The molecule has 1 N–H and O–H groups in total. The first-order valence-electron chi connectivity index (χ1n) is 6.51. The van der Waals surface area contributed by atoms with Crippen molar-refractivity contribution in [2.45, 2.75) is 13.0 Å². The zero-order valence-electron chi connectivity index (χ0n) is 11.4. The van der Waals surface area contributed by atoms with E-state index in [1.54, 1.807) is 36.3 Å². The van der Waals surface area contributed by atoms with Crippen LogP contribution >= 0.6 is 0 Å². The van der Waals surface area contributed by atoms with E-state index in [1.807, 2.05) is 30.3 Å². The molecule has 6 nitrogen and oxygen atoms in total. The lowest BCUT2D eigenvalue weighted by molar-refractivity contribution is 0.198. The summed E-state index contributed by atoms with van der Waals surface area (Å²) in [6.45, 7) is 1.68. The first kappa shape index (κ1) is 13.3. The number of pyridine rings is 1. The van der Waals surface area contributed by atoms with Crippen molar-refractivity contribution in [3.8, 4) is 17.6 Å². The van der Waals surface area contributed by atoms with Crippen molar-refractivity contribution in [3.63, 3.8) is 0 Å². The van der Waals surface area contributed by atoms with E-state index in [9.17, 15) is 5.11 Å². The first-order valence-corrected chi connectivity index (χ1v) is 6.51. The molecule has 0 fully saturated rings. The van der Waals surface area contributed by atoms with Crippen molar-refractivity contribution in [3.05, 3.63) is 60.6 Å². The normalized spacial score (nSPS) is 12.1. The molecule has 106 valence electrons. The SMILES string of the molecule is C[C@@H](O)c1ccc(Oc2ncn(-c3ccccc3)n2)nc1. The van der Waals surface area contributed by atoms with Crippen LogP contribution in [0.2, 0.25) is 0 Å². The van der Waals surface area contributed by atoms with Gasteiger partial charge in [0.25, 0.3) is 0 Å². The smallest absolute Gasteiger partial charge is 0.342 e. The fourth-order valence-corrected chi connectivity index (χ4v) is 1.79. The van der Waals surface area contributed by atoms with Crippen molar-refractivity contribution in [2.24, 2.45) is 0 Å². The minimum Gasteiger partial charge on any atom is -0.404 e. The van der Waals surface area contributed by atoms with Crippen LogP contribution < -0.4 is 4.74 Å². The highest BCUT2D eigenvalue weighted by molar-refractivity contribution is 5.30. The fraction of sp³-hybridized carbons (Fsp3) is 0.133. The molecule has 0 saturated heterocycles. The average Bonchev–Trinajstić information content (AvgIpc) is 2.97. The largest absolute Gasteiger partial charge is 0.404 e. The molecule has 0 aliphatic carbocycles. The van der Waals surface area contributed by atoms with Crippen molar-refractivity contribution in [1.29, 1.82) is 0 Å². The van der Waals surface area contributed by atoms with Crippen molar-refractivity contribution >= 4 is 0 Å². The van der Waals surface area contributed by atoms with Crippen LogP contribution in [0, 0.1) is 0 Å². The standard InChI is InChI=1S/C15H14N4O2/c1-11(20)12-7-8-14(16-9-12)21-15-17-10-19(18-15)13-5-3-2-4-6-13/h2-11,20H,1H3/t11-/m1/s1. The molecule has 6 heteroatoms. The number of ether oxygens (including phenoxy) is 1. The number of para-hydroxylation sites is 1. The maximum absolute atomic E-state index is 9.42. The predicted octanol–water partition coefficient (Wildman–Crippen LogP) is 2.51. The molecule has 2 aromatic heterocycles.